The first-order chi connectivity index (χ1) is 12.7. The number of amides is 2. The summed E-state index contributed by atoms with van der Waals surface area (Å²) in [5.74, 6) is -2.90. The summed E-state index contributed by atoms with van der Waals surface area (Å²) in [4.78, 5) is 34.2. The van der Waals surface area contributed by atoms with Gasteiger partial charge < -0.3 is 35.8 Å². The molecule has 0 unspecified atom stereocenters. The molecule has 2 amide bonds. The van der Waals surface area contributed by atoms with E-state index in [4.69, 9.17) is 9.84 Å². The summed E-state index contributed by atoms with van der Waals surface area (Å²) in [6, 6.07) is -1.17. The number of hydrogen-bond donors (Lipinski definition) is 6. The van der Waals surface area contributed by atoms with Crippen molar-refractivity contribution >= 4 is 17.8 Å². The molecular weight excluding hydrogens is 360 g/mol. The Morgan fingerprint density at radius 1 is 1.26 bits per heavy atom. The number of nitrogens with one attached hydrogen (secondary N) is 2. The molecule has 5 atom stereocenters. The van der Waals surface area contributed by atoms with E-state index in [2.05, 4.69) is 10.6 Å². The summed E-state index contributed by atoms with van der Waals surface area (Å²) in [5.41, 5.74) is 0. The van der Waals surface area contributed by atoms with E-state index in [1.807, 2.05) is 6.92 Å². The molecule has 1 aliphatic rings. The van der Waals surface area contributed by atoms with Crippen molar-refractivity contribution in [1.82, 2.24) is 10.6 Å². The minimum atomic E-state index is -1.67. The molecule has 0 fully saturated rings. The molecule has 0 saturated heterocycles. The number of carboxylic acid groups (broad SMARTS) is 1. The van der Waals surface area contributed by atoms with Crippen LogP contribution >= 0.6 is 0 Å². The van der Waals surface area contributed by atoms with Crippen LogP contribution in [0.2, 0.25) is 0 Å². The number of aliphatic carboxylic acids is 1. The van der Waals surface area contributed by atoms with Crippen LogP contribution in [-0.4, -0.2) is 75.2 Å². The van der Waals surface area contributed by atoms with Crippen LogP contribution in [-0.2, 0) is 19.1 Å². The molecule has 1 rings (SSSR count). The number of ether oxygens (including phenoxy) is 1. The van der Waals surface area contributed by atoms with Crippen molar-refractivity contribution in [3.8, 4) is 0 Å². The van der Waals surface area contributed by atoms with Gasteiger partial charge in [-0.2, -0.15) is 0 Å². The Labute approximate surface area is 157 Å². The summed E-state index contributed by atoms with van der Waals surface area (Å²) in [6.45, 7) is 2.89. The number of unbranched alkanes of at least 4 members (excludes halogenated alkanes) is 2. The molecule has 0 saturated carbocycles. The van der Waals surface area contributed by atoms with Crippen molar-refractivity contribution in [2.24, 2.45) is 0 Å². The molecular formula is C17H28N2O8. The predicted molar refractivity (Wildman–Crippen MR) is 93.4 cm³/mol. The van der Waals surface area contributed by atoms with E-state index in [0.29, 0.717) is 6.42 Å². The van der Waals surface area contributed by atoms with Crippen molar-refractivity contribution in [3.05, 3.63) is 11.8 Å². The average molecular weight is 388 g/mol. The van der Waals surface area contributed by atoms with Crippen LogP contribution < -0.4 is 10.6 Å². The lowest BCUT2D eigenvalue weighted by Gasteiger charge is -2.38. The van der Waals surface area contributed by atoms with Gasteiger partial charge in [-0.15, -0.1) is 0 Å². The highest BCUT2D eigenvalue weighted by molar-refractivity contribution is 5.84. The largest absolute Gasteiger partial charge is 0.478 e. The zero-order chi connectivity index (χ0) is 20.6. The summed E-state index contributed by atoms with van der Waals surface area (Å²) >= 11 is 0. The van der Waals surface area contributed by atoms with Gasteiger partial charge in [0.25, 0.3) is 0 Å². The van der Waals surface area contributed by atoms with Crippen molar-refractivity contribution in [2.45, 2.75) is 70.0 Å². The van der Waals surface area contributed by atoms with E-state index in [0.717, 1.165) is 18.9 Å². The van der Waals surface area contributed by atoms with E-state index in [1.54, 1.807) is 0 Å². The van der Waals surface area contributed by atoms with E-state index in [9.17, 15) is 29.7 Å². The van der Waals surface area contributed by atoms with Gasteiger partial charge in [0.1, 0.15) is 18.3 Å². The Bertz CT molecular complexity index is 565. The molecule has 0 aromatic rings. The standard InChI is InChI=1S/C17H28N2O8/c1-3-4-5-6-13(23)18-8-11(22)15(24)16-14(19-9(2)20)10(21)7-12(27-16)17(25)26/h7,10-11,14-16,21-22,24H,3-6,8H2,1-2H3,(H,18,23)(H,19,20)(H,25,26)/t10-,11+,14+,15+,16+/m0/s1. The molecule has 1 heterocycles. The highest BCUT2D eigenvalue weighted by Gasteiger charge is 2.43. The molecule has 0 aromatic carbocycles. The molecule has 0 spiro atoms. The van der Waals surface area contributed by atoms with Crippen LogP contribution in [0.25, 0.3) is 0 Å². The number of carboxylic acids is 1. The lowest BCUT2D eigenvalue weighted by Crippen LogP contribution is -2.60. The van der Waals surface area contributed by atoms with Gasteiger partial charge in [-0.1, -0.05) is 19.8 Å². The lowest BCUT2D eigenvalue weighted by molar-refractivity contribution is -0.147. The fourth-order valence-electron chi connectivity index (χ4n) is 2.70. The summed E-state index contributed by atoms with van der Waals surface area (Å²) in [6.07, 6.45) is -2.29. The molecule has 10 nitrogen and oxygen atoms in total. The lowest BCUT2D eigenvalue weighted by atomic mass is 9.93. The molecule has 27 heavy (non-hydrogen) atoms. The third-order valence-electron chi connectivity index (χ3n) is 4.13. The fraction of sp³-hybridized carbons (Fsp3) is 0.706. The van der Waals surface area contributed by atoms with Gasteiger partial charge in [-0.25, -0.2) is 4.79 Å². The molecule has 154 valence electrons. The highest BCUT2D eigenvalue weighted by atomic mass is 16.5. The Hall–Kier alpha value is -2.17. The van der Waals surface area contributed by atoms with E-state index in [-0.39, 0.29) is 18.9 Å². The van der Waals surface area contributed by atoms with Crippen LogP contribution in [0.1, 0.15) is 39.5 Å². The first kappa shape index (κ1) is 22.9. The Morgan fingerprint density at radius 3 is 2.48 bits per heavy atom. The maximum Gasteiger partial charge on any atom is 0.370 e. The topological polar surface area (TPSA) is 165 Å². The van der Waals surface area contributed by atoms with Crippen molar-refractivity contribution in [1.29, 1.82) is 0 Å². The number of carbonyl (C=O) groups is 3. The van der Waals surface area contributed by atoms with Gasteiger partial charge in [0, 0.05) is 19.9 Å². The molecule has 10 heteroatoms. The molecule has 0 aromatic heterocycles. The third-order valence-corrected chi connectivity index (χ3v) is 4.13. The van der Waals surface area contributed by atoms with Gasteiger partial charge in [-0.05, 0) is 12.5 Å². The first-order valence-corrected chi connectivity index (χ1v) is 8.87. The molecule has 0 aliphatic carbocycles. The molecule has 0 radical (unpaired) electrons. The normalized spacial score (nSPS) is 24.2. The Morgan fingerprint density at radius 2 is 1.93 bits per heavy atom. The van der Waals surface area contributed by atoms with Crippen LogP contribution in [0, 0.1) is 0 Å². The summed E-state index contributed by atoms with van der Waals surface area (Å²) < 4.78 is 5.17. The van der Waals surface area contributed by atoms with Gasteiger partial charge >= 0.3 is 5.97 Å². The zero-order valence-electron chi connectivity index (χ0n) is 15.4. The van der Waals surface area contributed by atoms with Crippen LogP contribution in [0.5, 0.6) is 0 Å². The smallest absolute Gasteiger partial charge is 0.370 e. The summed E-state index contributed by atoms with van der Waals surface area (Å²) in [5, 5.41) is 44.5. The van der Waals surface area contributed by atoms with Crippen LogP contribution in [0.3, 0.4) is 0 Å². The fourth-order valence-corrected chi connectivity index (χ4v) is 2.70. The molecule has 6 N–H and O–H groups in total. The minimum absolute atomic E-state index is 0.287. The number of carbonyl (C=O) groups excluding carboxylic acids is 2. The highest BCUT2D eigenvalue weighted by Crippen LogP contribution is 2.23. The van der Waals surface area contributed by atoms with Gasteiger partial charge in [-0.3, -0.25) is 9.59 Å². The van der Waals surface area contributed by atoms with Crippen LogP contribution in [0.15, 0.2) is 11.8 Å². The maximum atomic E-state index is 11.7. The van der Waals surface area contributed by atoms with E-state index in [1.165, 1.54) is 6.92 Å². The first-order valence-electron chi connectivity index (χ1n) is 8.87. The third kappa shape index (κ3) is 7.16. The number of hydrogen-bond acceptors (Lipinski definition) is 7. The predicted octanol–water partition coefficient (Wildman–Crippen LogP) is -1.36. The quantitative estimate of drug-likeness (QED) is 0.250. The Balaban J connectivity index is 2.75. The van der Waals surface area contributed by atoms with E-state index >= 15 is 0 Å². The monoisotopic (exact) mass is 388 g/mol. The SMILES string of the molecule is CCCCCC(=O)NC[C@@H](O)[C@@H](O)[C@@H]1OC(C(=O)O)=C[C@H](O)[C@H]1NC(C)=O. The Kier molecular flexibility index (Phi) is 9.19. The van der Waals surface area contributed by atoms with Crippen LogP contribution in [0.4, 0.5) is 0 Å². The van der Waals surface area contributed by atoms with Gasteiger partial charge in [0.05, 0.1) is 6.04 Å². The minimum Gasteiger partial charge on any atom is -0.478 e. The van der Waals surface area contributed by atoms with Gasteiger partial charge in [0.2, 0.25) is 17.6 Å². The van der Waals surface area contributed by atoms with Crippen molar-refractivity contribution in [3.63, 3.8) is 0 Å². The van der Waals surface area contributed by atoms with E-state index < -0.39 is 48.1 Å². The molecule has 1 aliphatic heterocycles. The number of aliphatic hydroxyl groups excluding tert-OH is 3. The maximum absolute atomic E-state index is 11.7. The average Bonchev–Trinajstić information content (AvgIpc) is 2.60. The molecule has 0 bridgehead atoms. The van der Waals surface area contributed by atoms with Gasteiger partial charge in [0.15, 0.2) is 6.10 Å². The zero-order valence-corrected chi connectivity index (χ0v) is 15.4. The second-order valence-corrected chi connectivity index (χ2v) is 6.45. The number of aliphatic hydroxyl groups is 3. The van der Waals surface area contributed by atoms with Crippen molar-refractivity contribution in [2.75, 3.05) is 6.54 Å². The second kappa shape index (κ2) is 10.9. The second-order valence-electron chi connectivity index (χ2n) is 6.45. The van der Waals surface area contributed by atoms with Crippen molar-refractivity contribution < 1.29 is 39.5 Å². The number of rotatable bonds is 10. The summed E-state index contributed by atoms with van der Waals surface area (Å²) in [7, 11) is 0.